The second-order valence-electron chi connectivity index (χ2n) is 14.3. The molecule has 4 aliphatic carbocycles. The first-order valence-corrected chi connectivity index (χ1v) is 14.9. The number of rotatable bonds is 3. The minimum absolute atomic E-state index is 0.134. The Morgan fingerprint density at radius 1 is 0.944 bits per heavy atom. The van der Waals surface area contributed by atoms with Gasteiger partial charge in [0.25, 0.3) is 0 Å². The molecular weight excluding hydrogens is 454 g/mol. The van der Waals surface area contributed by atoms with Gasteiger partial charge in [-0.3, -0.25) is 9.59 Å². The third-order valence-corrected chi connectivity index (χ3v) is 12.6. The maximum absolute atomic E-state index is 12.1. The van der Waals surface area contributed by atoms with Gasteiger partial charge in [-0.25, -0.2) is 0 Å². The number of ether oxygens (including phenoxy) is 2. The van der Waals surface area contributed by atoms with Crippen LogP contribution in [0, 0.1) is 52.3 Å². The molecule has 6 rings (SSSR count). The number of nitrogens with one attached hydrogen (secondary N) is 1. The van der Waals surface area contributed by atoms with Gasteiger partial charge in [0.15, 0.2) is 5.79 Å². The van der Waals surface area contributed by atoms with Crippen LogP contribution in [0.5, 0.6) is 0 Å². The first-order chi connectivity index (χ1) is 17.1. The van der Waals surface area contributed by atoms with Gasteiger partial charge >= 0.3 is 5.97 Å². The third kappa shape index (κ3) is 3.71. The van der Waals surface area contributed by atoms with E-state index in [0.717, 1.165) is 50.0 Å². The largest absolute Gasteiger partial charge is 0.481 e. The van der Waals surface area contributed by atoms with Crippen LogP contribution in [0.25, 0.3) is 0 Å². The molecule has 0 radical (unpaired) electrons. The second-order valence-corrected chi connectivity index (χ2v) is 14.3. The van der Waals surface area contributed by atoms with Crippen molar-refractivity contribution in [3.05, 3.63) is 0 Å². The van der Waals surface area contributed by atoms with Crippen LogP contribution >= 0.6 is 0 Å². The molecule has 2 N–H and O–H groups in total. The molecule has 12 atom stereocenters. The van der Waals surface area contributed by atoms with Crippen LogP contribution in [-0.4, -0.2) is 41.5 Å². The molecule has 0 aromatic heterocycles. The summed E-state index contributed by atoms with van der Waals surface area (Å²) in [7, 11) is 0. The summed E-state index contributed by atoms with van der Waals surface area (Å²) in [6.45, 7) is 10.7. The van der Waals surface area contributed by atoms with Gasteiger partial charge in [0.05, 0.1) is 12.7 Å². The van der Waals surface area contributed by atoms with E-state index in [1.54, 1.807) is 0 Å². The van der Waals surface area contributed by atoms with Crippen molar-refractivity contribution in [3.63, 3.8) is 0 Å². The van der Waals surface area contributed by atoms with Crippen LogP contribution < -0.4 is 5.32 Å². The van der Waals surface area contributed by atoms with Crippen LogP contribution in [0.15, 0.2) is 0 Å². The molecule has 6 aliphatic rings. The molecule has 202 valence electrons. The first kappa shape index (κ1) is 25.2. The molecule has 1 amide bonds. The van der Waals surface area contributed by atoms with Crippen LogP contribution in [0.3, 0.4) is 0 Å². The summed E-state index contributed by atoms with van der Waals surface area (Å²) < 4.78 is 13.4. The standard InChI is InChI=1S/C30H47NO5/c1-17-7-12-30(35-16-17)18(2)27-24(36-30)14-23-21-6-5-19-13-20(31-25(32)15-26(33)34)8-10-28(19,3)22(21)9-11-29(23,27)4/h17-24,27H,5-16H2,1-4H3,(H,31,32)(H,33,34)/t17-,18-,19+,20?,21?,22?,23?,24?,27?,28-,29-,30+/m0/s1. The van der Waals surface area contributed by atoms with E-state index in [2.05, 4.69) is 33.0 Å². The molecule has 2 aliphatic heterocycles. The van der Waals surface area contributed by atoms with Crippen molar-refractivity contribution < 1.29 is 24.2 Å². The Morgan fingerprint density at radius 2 is 1.72 bits per heavy atom. The lowest BCUT2D eigenvalue weighted by atomic mass is 9.44. The number of fused-ring (bicyclic) bond motifs is 7. The Morgan fingerprint density at radius 3 is 2.44 bits per heavy atom. The average molecular weight is 502 g/mol. The number of carbonyl (C=O) groups is 2. The van der Waals surface area contributed by atoms with Gasteiger partial charge in [0, 0.05) is 18.4 Å². The monoisotopic (exact) mass is 501 g/mol. The van der Waals surface area contributed by atoms with Crippen molar-refractivity contribution in [2.45, 2.75) is 116 Å². The molecule has 2 heterocycles. The molecule has 1 spiro atoms. The Bertz CT molecular complexity index is 898. The Hall–Kier alpha value is -1.14. The lowest BCUT2D eigenvalue weighted by molar-refractivity contribution is -0.273. The molecule has 6 unspecified atom stereocenters. The summed E-state index contributed by atoms with van der Waals surface area (Å²) in [5.74, 6) is 2.94. The van der Waals surface area contributed by atoms with E-state index in [9.17, 15) is 9.59 Å². The zero-order valence-corrected chi connectivity index (χ0v) is 22.8. The summed E-state index contributed by atoms with van der Waals surface area (Å²) >= 11 is 0. The summed E-state index contributed by atoms with van der Waals surface area (Å²) in [5, 5.41) is 12.0. The molecule has 2 saturated heterocycles. The van der Waals surface area contributed by atoms with Gasteiger partial charge in [-0.2, -0.15) is 0 Å². The highest BCUT2D eigenvalue weighted by Gasteiger charge is 2.69. The number of amides is 1. The minimum atomic E-state index is -1.05. The number of carboxylic acid groups (broad SMARTS) is 1. The van der Waals surface area contributed by atoms with Crippen molar-refractivity contribution >= 4 is 11.9 Å². The Balaban J connectivity index is 1.16. The number of hydrogen-bond acceptors (Lipinski definition) is 4. The van der Waals surface area contributed by atoms with Crippen LogP contribution in [0.1, 0.15) is 98.3 Å². The first-order valence-electron chi connectivity index (χ1n) is 14.9. The fraction of sp³-hybridized carbons (Fsp3) is 0.933. The van der Waals surface area contributed by atoms with Crippen molar-refractivity contribution in [2.24, 2.45) is 52.3 Å². The van der Waals surface area contributed by atoms with Gasteiger partial charge in [-0.15, -0.1) is 0 Å². The molecule has 0 bridgehead atoms. The van der Waals surface area contributed by atoms with E-state index < -0.39 is 12.4 Å². The lowest BCUT2D eigenvalue weighted by Gasteiger charge is -2.61. The van der Waals surface area contributed by atoms with Crippen molar-refractivity contribution in [2.75, 3.05) is 6.61 Å². The highest BCUT2D eigenvalue weighted by atomic mass is 16.7. The minimum Gasteiger partial charge on any atom is -0.481 e. The highest BCUT2D eigenvalue weighted by molar-refractivity contribution is 5.93. The predicted octanol–water partition coefficient (Wildman–Crippen LogP) is 5.39. The summed E-state index contributed by atoms with van der Waals surface area (Å²) in [5.41, 5.74) is 0.693. The quantitative estimate of drug-likeness (QED) is 0.506. The van der Waals surface area contributed by atoms with Crippen LogP contribution in [0.4, 0.5) is 0 Å². The Labute approximate surface area is 216 Å². The molecule has 6 nitrogen and oxygen atoms in total. The molecule has 6 heteroatoms. The van der Waals surface area contributed by atoms with E-state index in [4.69, 9.17) is 14.6 Å². The van der Waals surface area contributed by atoms with Gasteiger partial charge in [0.1, 0.15) is 6.42 Å². The normalized spacial score (nSPS) is 53.7. The van der Waals surface area contributed by atoms with E-state index in [1.807, 2.05) is 0 Å². The molecule has 6 fully saturated rings. The average Bonchev–Trinajstić information content (AvgIpc) is 3.26. The van der Waals surface area contributed by atoms with Gasteiger partial charge in [-0.1, -0.05) is 27.7 Å². The number of hydrogen-bond donors (Lipinski definition) is 2. The van der Waals surface area contributed by atoms with Gasteiger partial charge in [-0.05, 0) is 104 Å². The van der Waals surface area contributed by atoms with Crippen molar-refractivity contribution in [1.82, 2.24) is 5.32 Å². The van der Waals surface area contributed by atoms with Crippen LogP contribution in [-0.2, 0) is 19.1 Å². The van der Waals surface area contributed by atoms with E-state index in [-0.39, 0.29) is 17.7 Å². The maximum Gasteiger partial charge on any atom is 0.312 e. The molecule has 4 saturated carbocycles. The second kappa shape index (κ2) is 8.69. The molecule has 36 heavy (non-hydrogen) atoms. The third-order valence-electron chi connectivity index (χ3n) is 12.6. The van der Waals surface area contributed by atoms with E-state index >= 15 is 0 Å². The smallest absolute Gasteiger partial charge is 0.312 e. The predicted molar refractivity (Wildman–Crippen MR) is 136 cm³/mol. The highest BCUT2D eigenvalue weighted by Crippen LogP contribution is 2.71. The maximum atomic E-state index is 12.1. The number of carbonyl (C=O) groups excluding carboxylic acids is 1. The zero-order valence-electron chi connectivity index (χ0n) is 22.8. The van der Waals surface area contributed by atoms with Crippen molar-refractivity contribution in [1.29, 1.82) is 0 Å². The van der Waals surface area contributed by atoms with Gasteiger partial charge in [0.2, 0.25) is 5.91 Å². The summed E-state index contributed by atoms with van der Waals surface area (Å²) in [6, 6.07) is 0.134. The summed E-state index contributed by atoms with van der Waals surface area (Å²) in [6.07, 6.45) is 11.7. The SMILES string of the molecule is C[C@H]1CC[C@@]2(OC1)OC1CC3C4CC[C@@H]5CC(NC(=O)CC(=O)O)CC[C@]5(C)C4CC[C@]3(C)C1[C@@H]2C. The fourth-order valence-corrected chi connectivity index (χ4v) is 10.8. The Kier molecular flexibility index (Phi) is 6.07. The number of aliphatic carboxylic acids is 1. The fourth-order valence-electron chi connectivity index (χ4n) is 10.8. The molecular formula is C30H47NO5. The van der Waals surface area contributed by atoms with E-state index in [0.29, 0.717) is 40.6 Å². The van der Waals surface area contributed by atoms with Crippen molar-refractivity contribution in [3.8, 4) is 0 Å². The zero-order chi connectivity index (χ0) is 25.5. The van der Waals surface area contributed by atoms with Crippen LogP contribution in [0.2, 0.25) is 0 Å². The number of carboxylic acids is 1. The topological polar surface area (TPSA) is 84.9 Å². The van der Waals surface area contributed by atoms with E-state index in [1.165, 1.54) is 38.5 Å². The lowest BCUT2D eigenvalue weighted by Crippen LogP contribution is -2.56. The molecule has 0 aromatic carbocycles. The molecule has 0 aromatic rings. The van der Waals surface area contributed by atoms with Gasteiger partial charge < -0.3 is 19.9 Å². The summed E-state index contributed by atoms with van der Waals surface area (Å²) in [4.78, 5) is 23.0.